The molecule has 15 heavy (non-hydrogen) atoms. The van der Waals surface area contributed by atoms with Gasteiger partial charge in [0.1, 0.15) is 14.8 Å². The lowest BCUT2D eigenvalue weighted by Crippen LogP contribution is -2.27. The van der Waals surface area contributed by atoms with E-state index in [0.717, 1.165) is 0 Å². The lowest BCUT2D eigenvalue weighted by atomic mass is 10.2. The zero-order valence-corrected chi connectivity index (χ0v) is 10.8. The molecule has 5 nitrogen and oxygen atoms in total. The van der Waals surface area contributed by atoms with Gasteiger partial charge in [-0.25, -0.2) is 8.42 Å². The Hall–Kier alpha value is -0.530. The number of nitrogens with two attached hydrogens (primary N) is 1. The highest BCUT2D eigenvalue weighted by Crippen LogP contribution is 2.32. The van der Waals surface area contributed by atoms with E-state index in [-0.39, 0.29) is 6.04 Å². The van der Waals surface area contributed by atoms with E-state index >= 15 is 0 Å². The molecule has 1 unspecified atom stereocenters. The SMILES string of the molecule is CC(N)c1nnc(C(C)(C)S(C)(=O)=O)s1. The van der Waals surface area contributed by atoms with Crippen molar-refractivity contribution in [3.05, 3.63) is 10.0 Å². The van der Waals surface area contributed by atoms with E-state index in [4.69, 9.17) is 5.73 Å². The molecule has 0 bridgehead atoms. The Morgan fingerprint density at radius 3 is 2.27 bits per heavy atom. The second kappa shape index (κ2) is 3.80. The third-order valence-electron chi connectivity index (χ3n) is 2.27. The smallest absolute Gasteiger partial charge is 0.159 e. The van der Waals surface area contributed by atoms with Crippen LogP contribution in [0.2, 0.25) is 0 Å². The molecule has 0 amide bonds. The molecule has 1 atom stereocenters. The van der Waals surface area contributed by atoms with E-state index in [1.807, 2.05) is 0 Å². The Morgan fingerprint density at radius 2 is 1.93 bits per heavy atom. The molecule has 1 rings (SSSR count). The molecule has 1 aromatic heterocycles. The summed E-state index contributed by atoms with van der Waals surface area (Å²) in [6.45, 7) is 5.03. The summed E-state index contributed by atoms with van der Waals surface area (Å²) in [4.78, 5) is 0. The summed E-state index contributed by atoms with van der Waals surface area (Å²) in [5, 5.41) is 8.90. The highest BCUT2D eigenvalue weighted by molar-refractivity contribution is 7.91. The van der Waals surface area contributed by atoms with Gasteiger partial charge in [0.15, 0.2) is 9.84 Å². The fourth-order valence-electron chi connectivity index (χ4n) is 0.820. The number of hydrogen-bond donors (Lipinski definition) is 1. The maximum absolute atomic E-state index is 11.5. The quantitative estimate of drug-likeness (QED) is 0.857. The van der Waals surface area contributed by atoms with Crippen LogP contribution >= 0.6 is 11.3 Å². The molecule has 0 saturated heterocycles. The van der Waals surface area contributed by atoms with Gasteiger partial charge in [0.2, 0.25) is 0 Å². The summed E-state index contributed by atoms with van der Waals surface area (Å²) >= 11 is 1.25. The molecule has 1 heterocycles. The molecular weight excluding hydrogens is 234 g/mol. The standard InChI is InChI=1S/C8H15N3O2S2/c1-5(9)6-10-11-7(14-6)8(2,3)15(4,12)13/h5H,9H2,1-4H3. The van der Waals surface area contributed by atoms with Crippen molar-refractivity contribution in [2.45, 2.75) is 31.6 Å². The number of sulfone groups is 1. The van der Waals surface area contributed by atoms with Crippen LogP contribution in [0, 0.1) is 0 Å². The molecule has 7 heteroatoms. The van der Waals surface area contributed by atoms with Crippen LogP contribution in [0.1, 0.15) is 36.8 Å². The Balaban J connectivity index is 3.17. The maximum atomic E-state index is 11.5. The van der Waals surface area contributed by atoms with Crippen LogP contribution in [-0.2, 0) is 14.6 Å². The van der Waals surface area contributed by atoms with Crippen LogP contribution in [0.5, 0.6) is 0 Å². The minimum Gasteiger partial charge on any atom is -0.322 e. The van der Waals surface area contributed by atoms with Gasteiger partial charge >= 0.3 is 0 Å². The Kier molecular flexibility index (Phi) is 3.18. The van der Waals surface area contributed by atoms with Gasteiger partial charge < -0.3 is 5.73 Å². The van der Waals surface area contributed by atoms with Crippen molar-refractivity contribution in [2.24, 2.45) is 5.73 Å². The molecule has 0 saturated carbocycles. The van der Waals surface area contributed by atoms with Crippen LogP contribution in [0.4, 0.5) is 0 Å². The maximum Gasteiger partial charge on any atom is 0.159 e. The van der Waals surface area contributed by atoms with Crippen molar-refractivity contribution in [1.82, 2.24) is 10.2 Å². The predicted octanol–water partition coefficient (Wildman–Crippen LogP) is 0.838. The monoisotopic (exact) mass is 249 g/mol. The summed E-state index contributed by atoms with van der Waals surface area (Å²) in [5.74, 6) is 0. The molecule has 0 aliphatic rings. The fraction of sp³-hybridized carbons (Fsp3) is 0.750. The summed E-state index contributed by atoms with van der Waals surface area (Å²) in [7, 11) is -3.20. The largest absolute Gasteiger partial charge is 0.322 e. The van der Waals surface area contributed by atoms with Crippen LogP contribution in [0.3, 0.4) is 0 Å². The first kappa shape index (κ1) is 12.5. The Bertz CT molecular complexity index is 448. The Morgan fingerprint density at radius 1 is 1.40 bits per heavy atom. The highest BCUT2D eigenvalue weighted by Gasteiger charge is 2.36. The van der Waals surface area contributed by atoms with Crippen LogP contribution in [0.15, 0.2) is 0 Å². The molecule has 0 aliphatic carbocycles. The van der Waals surface area contributed by atoms with Gasteiger partial charge in [-0.1, -0.05) is 11.3 Å². The lowest BCUT2D eigenvalue weighted by Gasteiger charge is -2.18. The first-order valence-corrected chi connectivity index (χ1v) is 7.16. The van der Waals surface area contributed by atoms with E-state index in [1.54, 1.807) is 20.8 Å². The van der Waals surface area contributed by atoms with Crippen molar-refractivity contribution in [2.75, 3.05) is 6.26 Å². The lowest BCUT2D eigenvalue weighted by molar-refractivity contribution is 0.558. The number of hydrogen-bond acceptors (Lipinski definition) is 6. The third-order valence-corrected chi connectivity index (χ3v) is 5.90. The number of nitrogens with zero attached hydrogens (tertiary/aromatic N) is 2. The van der Waals surface area contributed by atoms with Gasteiger partial charge in [0.25, 0.3) is 0 Å². The van der Waals surface area contributed by atoms with Crippen molar-refractivity contribution < 1.29 is 8.42 Å². The van der Waals surface area contributed by atoms with Crippen LogP contribution in [0.25, 0.3) is 0 Å². The van der Waals surface area contributed by atoms with E-state index in [0.29, 0.717) is 10.0 Å². The van der Waals surface area contributed by atoms with Crippen molar-refractivity contribution in [3.63, 3.8) is 0 Å². The number of aromatic nitrogens is 2. The number of rotatable bonds is 3. The summed E-state index contributed by atoms with van der Waals surface area (Å²) in [5.41, 5.74) is 5.64. The van der Waals surface area contributed by atoms with Crippen molar-refractivity contribution in [1.29, 1.82) is 0 Å². The third kappa shape index (κ3) is 2.35. The molecule has 0 spiro atoms. The van der Waals surface area contributed by atoms with Gasteiger partial charge in [-0.15, -0.1) is 10.2 Å². The average Bonchev–Trinajstić information content (AvgIpc) is 2.49. The second-order valence-corrected chi connectivity index (χ2v) is 7.59. The van der Waals surface area contributed by atoms with Crippen LogP contribution in [-0.4, -0.2) is 24.9 Å². The van der Waals surface area contributed by atoms with Gasteiger partial charge in [-0.05, 0) is 20.8 Å². The minimum atomic E-state index is -3.20. The van der Waals surface area contributed by atoms with Crippen molar-refractivity contribution >= 4 is 21.2 Å². The minimum absolute atomic E-state index is 0.216. The normalized spacial score (nSPS) is 15.3. The summed E-state index contributed by atoms with van der Waals surface area (Å²) < 4.78 is 22.1. The zero-order chi connectivity index (χ0) is 11.9. The molecule has 0 aliphatic heterocycles. The van der Waals surface area contributed by atoms with Gasteiger partial charge in [-0.3, -0.25) is 0 Å². The Labute approximate surface area is 93.6 Å². The van der Waals surface area contributed by atoms with Crippen molar-refractivity contribution in [3.8, 4) is 0 Å². The van der Waals surface area contributed by atoms with Gasteiger partial charge in [-0.2, -0.15) is 0 Å². The zero-order valence-electron chi connectivity index (χ0n) is 9.18. The fourth-order valence-corrected chi connectivity index (χ4v) is 2.55. The summed E-state index contributed by atoms with van der Waals surface area (Å²) in [6, 6.07) is -0.216. The molecular formula is C8H15N3O2S2. The van der Waals surface area contributed by atoms with Crippen LogP contribution < -0.4 is 5.73 Å². The first-order valence-electron chi connectivity index (χ1n) is 4.45. The van der Waals surface area contributed by atoms with E-state index in [2.05, 4.69) is 10.2 Å². The first-order chi connectivity index (χ1) is 6.66. The molecule has 1 aromatic rings. The van der Waals surface area contributed by atoms with Gasteiger partial charge in [0, 0.05) is 6.26 Å². The van der Waals surface area contributed by atoms with Gasteiger partial charge in [0.05, 0.1) is 6.04 Å². The molecule has 86 valence electrons. The van der Waals surface area contributed by atoms with E-state index in [9.17, 15) is 8.42 Å². The summed E-state index contributed by atoms with van der Waals surface area (Å²) in [6.07, 6.45) is 1.19. The molecule has 0 aromatic carbocycles. The molecule has 0 fully saturated rings. The second-order valence-electron chi connectivity index (χ2n) is 4.02. The topological polar surface area (TPSA) is 85.9 Å². The predicted molar refractivity (Wildman–Crippen MR) is 60.4 cm³/mol. The highest BCUT2D eigenvalue weighted by atomic mass is 32.2. The molecule has 2 N–H and O–H groups in total. The van der Waals surface area contributed by atoms with E-state index in [1.165, 1.54) is 17.6 Å². The van der Waals surface area contributed by atoms with E-state index < -0.39 is 14.6 Å². The average molecular weight is 249 g/mol. The molecule has 0 radical (unpaired) electrons.